The fourth-order valence-corrected chi connectivity index (χ4v) is 1.98. The minimum absolute atomic E-state index is 0.371. The van der Waals surface area contributed by atoms with Gasteiger partial charge in [-0.25, -0.2) is 0 Å². The molecule has 0 bridgehead atoms. The van der Waals surface area contributed by atoms with Gasteiger partial charge in [-0.3, -0.25) is 9.59 Å². The Morgan fingerprint density at radius 1 is 1.05 bits per heavy atom. The second-order valence-electron chi connectivity index (χ2n) is 4.39. The molecular formula is C13H13N2O4-. The number of piperazine rings is 1. The summed E-state index contributed by atoms with van der Waals surface area (Å²) in [5.41, 5.74) is 0.918. The van der Waals surface area contributed by atoms with E-state index in [9.17, 15) is 19.5 Å². The molecule has 0 unspecified atom stereocenters. The zero-order chi connectivity index (χ0) is 13.8. The number of carbonyl (C=O) groups is 3. The standard InChI is InChI=1S/C13H14N2O4/c16-11(17)7-10-13(19)14-9(12(18)15-10)6-8-4-2-1-3-5-8/h1-5,9-10H,6-7H2,(H,14,19)(H,15,18)(H,16,17)/p-1/t9-,10-/m0/s1. The second-order valence-corrected chi connectivity index (χ2v) is 4.39. The predicted molar refractivity (Wildman–Crippen MR) is 63.6 cm³/mol. The number of benzene rings is 1. The molecule has 1 fully saturated rings. The maximum Gasteiger partial charge on any atom is 0.243 e. The number of amides is 2. The van der Waals surface area contributed by atoms with E-state index < -0.39 is 30.4 Å². The fourth-order valence-electron chi connectivity index (χ4n) is 1.98. The van der Waals surface area contributed by atoms with E-state index in [1.165, 1.54) is 0 Å². The third-order valence-electron chi connectivity index (χ3n) is 2.92. The summed E-state index contributed by atoms with van der Waals surface area (Å²) in [4.78, 5) is 33.9. The Balaban J connectivity index is 2.00. The molecule has 6 heteroatoms. The van der Waals surface area contributed by atoms with Gasteiger partial charge in [-0.2, -0.15) is 0 Å². The highest BCUT2D eigenvalue weighted by Crippen LogP contribution is 2.08. The molecular weight excluding hydrogens is 248 g/mol. The van der Waals surface area contributed by atoms with Crippen LogP contribution < -0.4 is 15.7 Å². The summed E-state index contributed by atoms with van der Waals surface area (Å²) in [6.07, 6.45) is -0.147. The first-order chi connectivity index (χ1) is 9.06. The molecule has 2 rings (SSSR count). The number of hydrogen-bond acceptors (Lipinski definition) is 4. The van der Waals surface area contributed by atoms with Crippen molar-refractivity contribution in [1.82, 2.24) is 10.6 Å². The maximum absolute atomic E-state index is 11.8. The van der Waals surface area contributed by atoms with Gasteiger partial charge in [0, 0.05) is 18.8 Å². The van der Waals surface area contributed by atoms with Crippen LogP contribution >= 0.6 is 0 Å². The average Bonchev–Trinajstić information content (AvgIpc) is 2.36. The molecule has 1 aliphatic heterocycles. The van der Waals surface area contributed by atoms with E-state index in [-0.39, 0.29) is 5.91 Å². The molecule has 19 heavy (non-hydrogen) atoms. The molecule has 2 atom stereocenters. The maximum atomic E-state index is 11.8. The van der Waals surface area contributed by atoms with Gasteiger partial charge in [-0.1, -0.05) is 30.3 Å². The summed E-state index contributed by atoms with van der Waals surface area (Å²) < 4.78 is 0. The largest absolute Gasteiger partial charge is 0.550 e. The molecule has 1 aromatic carbocycles. The van der Waals surface area contributed by atoms with Gasteiger partial charge in [0.1, 0.15) is 12.1 Å². The molecule has 1 heterocycles. The smallest absolute Gasteiger partial charge is 0.243 e. The van der Waals surface area contributed by atoms with E-state index in [1.807, 2.05) is 30.3 Å². The quantitative estimate of drug-likeness (QED) is 0.678. The van der Waals surface area contributed by atoms with Gasteiger partial charge >= 0.3 is 0 Å². The Labute approximate surface area is 109 Å². The molecule has 2 N–H and O–H groups in total. The predicted octanol–water partition coefficient (Wildman–Crippen LogP) is -1.65. The molecule has 6 nitrogen and oxygen atoms in total. The Hall–Kier alpha value is -2.37. The van der Waals surface area contributed by atoms with Crippen molar-refractivity contribution in [3.63, 3.8) is 0 Å². The Kier molecular flexibility index (Phi) is 3.79. The number of carbonyl (C=O) groups excluding carboxylic acids is 3. The van der Waals surface area contributed by atoms with Crippen molar-refractivity contribution >= 4 is 17.8 Å². The molecule has 0 spiro atoms. The van der Waals surface area contributed by atoms with Crippen LogP contribution in [0.5, 0.6) is 0 Å². The first-order valence-corrected chi connectivity index (χ1v) is 5.91. The number of aliphatic carboxylic acids is 1. The van der Waals surface area contributed by atoms with E-state index in [0.717, 1.165) is 5.56 Å². The first-order valence-electron chi connectivity index (χ1n) is 5.91. The normalized spacial score (nSPS) is 22.5. The highest BCUT2D eigenvalue weighted by Gasteiger charge is 2.33. The average molecular weight is 261 g/mol. The third kappa shape index (κ3) is 3.31. The lowest BCUT2D eigenvalue weighted by atomic mass is 10.0. The van der Waals surface area contributed by atoms with E-state index in [2.05, 4.69) is 10.6 Å². The minimum atomic E-state index is -1.37. The van der Waals surface area contributed by atoms with Gasteiger partial charge in [0.15, 0.2) is 0 Å². The van der Waals surface area contributed by atoms with Gasteiger partial charge in [0.05, 0.1) is 0 Å². The number of rotatable bonds is 4. The van der Waals surface area contributed by atoms with E-state index in [0.29, 0.717) is 6.42 Å². The molecule has 0 aromatic heterocycles. The number of carboxylic acid groups (broad SMARTS) is 1. The molecule has 0 aliphatic carbocycles. The summed E-state index contributed by atoms with van der Waals surface area (Å²) in [6, 6.07) is 7.53. The van der Waals surface area contributed by atoms with Gasteiger partial charge in [-0.15, -0.1) is 0 Å². The molecule has 0 radical (unpaired) electrons. The molecule has 1 aliphatic rings. The van der Waals surface area contributed by atoms with Crippen LogP contribution in [0.25, 0.3) is 0 Å². The van der Waals surface area contributed by atoms with E-state index >= 15 is 0 Å². The van der Waals surface area contributed by atoms with Crippen molar-refractivity contribution in [3.8, 4) is 0 Å². The summed E-state index contributed by atoms with van der Waals surface area (Å²) >= 11 is 0. The van der Waals surface area contributed by atoms with E-state index in [4.69, 9.17) is 0 Å². The van der Waals surface area contributed by atoms with Crippen molar-refractivity contribution in [2.75, 3.05) is 0 Å². The molecule has 1 aromatic rings. The van der Waals surface area contributed by atoms with Crippen molar-refractivity contribution in [1.29, 1.82) is 0 Å². The SMILES string of the molecule is O=C([O-])C[C@@H]1NC(=O)[C@H](Cc2ccccc2)NC1=O. The first kappa shape index (κ1) is 13.1. The summed E-state index contributed by atoms with van der Waals surface area (Å²) in [6.45, 7) is 0. The van der Waals surface area contributed by atoms with Crippen LogP contribution in [0.4, 0.5) is 0 Å². The van der Waals surface area contributed by atoms with Crippen LogP contribution in [0, 0.1) is 0 Å². The number of nitrogens with one attached hydrogen (secondary N) is 2. The molecule has 2 amide bonds. The molecule has 100 valence electrons. The topological polar surface area (TPSA) is 98.3 Å². The van der Waals surface area contributed by atoms with E-state index in [1.54, 1.807) is 0 Å². The zero-order valence-electron chi connectivity index (χ0n) is 10.1. The highest BCUT2D eigenvalue weighted by atomic mass is 16.4. The van der Waals surface area contributed by atoms with Crippen LogP contribution in [0.2, 0.25) is 0 Å². The van der Waals surface area contributed by atoms with Crippen molar-refractivity contribution < 1.29 is 19.5 Å². The number of carboxylic acids is 1. The Morgan fingerprint density at radius 2 is 1.63 bits per heavy atom. The molecule has 1 saturated heterocycles. The highest BCUT2D eigenvalue weighted by molar-refractivity contribution is 5.98. The lowest BCUT2D eigenvalue weighted by Gasteiger charge is -2.29. The van der Waals surface area contributed by atoms with Crippen LogP contribution in [0.3, 0.4) is 0 Å². The van der Waals surface area contributed by atoms with Crippen molar-refractivity contribution in [2.45, 2.75) is 24.9 Å². The lowest BCUT2D eigenvalue weighted by molar-refractivity contribution is -0.306. The third-order valence-corrected chi connectivity index (χ3v) is 2.92. The van der Waals surface area contributed by atoms with Crippen LogP contribution in [0.1, 0.15) is 12.0 Å². The van der Waals surface area contributed by atoms with Gasteiger partial charge in [-0.05, 0) is 5.56 Å². The fraction of sp³-hybridized carbons (Fsp3) is 0.308. The summed E-state index contributed by atoms with van der Waals surface area (Å²) in [5, 5.41) is 15.4. The summed E-state index contributed by atoms with van der Waals surface area (Å²) in [5.74, 6) is -2.25. The van der Waals surface area contributed by atoms with Gasteiger partial charge < -0.3 is 20.5 Å². The minimum Gasteiger partial charge on any atom is -0.550 e. The van der Waals surface area contributed by atoms with Crippen LogP contribution in [-0.2, 0) is 20.8 Å². The molecule has 0 saturated carbocycles. The van der Waals surface area contributed by atoms with Crippen molar-refractivity contribution in [2.24, 2.45) is 0 Å². The zero-order valence-corrected chi connectivity index (χ0v) is 10.1. The second kappa shape index (κ2) is 5.51. The van der Waals surface area contributed by atoms with Crippen molar-refractivity contribution in [3.05, 3.63) is 35.9 Å². The number of hydrogen-bond donors (Lipinski definition) is 2. The monoisotopic (exact) mass is 261 g/mol. The summed E-state index contributed by atoms with van der Waals surface area (Å²) in [7, 11) is 0. The Bertz CT molecular complexity index is 501. The lowest BCUT2D eigenvalue weighted by Crippen LogP contribution is -2.63. The van der Waals surface area contributed by atoms with Gasteiger partial charge in [0.25, 0.3) is 0 Å². The van der Waals surface area contributed by atoms with Gasteiger partial charge in [0.2, 0.25) is 11.8 Å². The Morgan fingerprint density at radius 3 is 2.26 bits per heavy atom. The van der Waals surface area contributed by atoms with Crippen LogP contribution in [-0.4, -0.2) is 29.9 Å². The van der Waals surface area contributed by atoms with Crippen LogP contribution in [0.15, 0.2) is 30.3 Å².